The Morgan fingerprint density at radius 3 is 2.35 bits per heavy atom. The number of nitrogens with zero attached hydrogens (tertiary/aromatic N) is 2. The van der Waals surface area contributed by atoms with Gasteiger partial charge in [-0.3, -0.25) is 9.59 Å². The first-order chi connectivity index (χ1) is 16.5. The minimum Gasteiger partial charge on any atom is -0.322 e. The zero-order chi connectivity index (χ0) is 23.7. The van der Waals surface area contributed by atoms with Gasteiger partial charge in [0.2, 0.25) is 0 Å². The summed E-state index contributed by atoms with van der Waals surface area (Å²) in [4.78, 5) is 36.4. The molecule has 0 saturated heterocycles. The second-order valence-corrected chi connectivity index (χ2v) is 9.00. The predicted molar refractivity (Wildman–Crippen MR) is 137 cm³/mol. The van der Waals surface area contributed by atoms with Crippen molar-refractivity contribution >= 4 is 39.1 Å². The SMILES string of the molecule is Cc1ccc(C(=O)c2ccccc2C(=O)Nc2cccc(-c3nc4cccnc4s3)c2C)cc1. The van der Waals surface area contributed by atoms with Crippen LogP contribution in [0.2, 0.25) is 0 Å². The number of rotatable bonds is 5. The molecule has 0 saturated carbocycles. The van der Waals surface area contributed by atoms with Crippen LogP contribution in [0.5, 0.6) is 0 Å². The summed E-state index contributed by atoms with van der Waals surface area (Å²) >= 11 is 1.51. The van der Waals surface area contributed by atoms with Gasteiger partial charge in [0.15, 0.2) is 5.78 Å². The summed E-state index contributed by atoms with van der Waals surface area (Å²) in [5.41, 5.74) is 5.68. The van der Waals surface area contributed by atoms with Gasteiger partial charge < -0.3 is 5.32 Å². The summed E-state index contributed by atoms with van der Waals surface area (Å²) in [6.45, 7) is 3.92. The number of pyridine rings is 1. The Balaban J connectivity index is 1.46. The van der Waals surface area contributed by atoms with E-state index in [1.54, 1.807) is 42.6 Å². The molecule has 0 atom stereocenters. The zero-order valence-corrected chi connectivity index (χ0v) is 19.5. The average molecular weight is 464 g/mol. The molecule has 0 fully saturated rings. The molecule has 5 nitrogen and oxygen atoms in total. The summed E-state index contributed by atoms with van der Waals surface area (Å²) in [6.07, 6.45) is 1.75. The Morgan fingerprint density at radius 2 is 1.59 bits per heavy atom. The van der Waals surface area contributed by atoms with Crippen molar-refractivity contribution in [3.05, 3.63) is 113 Å². The van der Waals surface area contributed by atoms with E-state index in [9.17, 15) is 9.59 Å². The number of aryl methyl sites for hydroxylation is 1. The van der Waals surface area contributed by atoms with Gasteiger partial charge in [-0.2, -0.15) is 0 Å². The number of hydrogen-bond donors (Lipinski definition) is 1. The van der Waals surface area contributed by atoms with Gasteiger partial charge in [0.1, 0.15) is 15.4 Å². The highest BCUT2D eigenvalue weighted by Crippen LogP contribution is 2.34. The number of hydrogen-bond acceptors (Lipinski definition) is 5. The van der Waals surface area contributed by atoms with Crippen LogP contribution in [0, 0.1) is 13.8 Å². The number of benzene rings is 3. The zero-order valence-electron chi connectivity index (χ0n) is 18.7. The minimum atomic E-state index is -0.331. The summed E-state index contributed by atoms with van der Waals surface area (Å²) in [5.74, 6) is -0.513. The quantitative estimate of drug-likeness (QED) is 0.304. The lowest BCUT2D eigenvalue weighted by molar-refractivity contribution is 0.0996. The summed E-state index contributed by atoms with van der Waals surface area (Å²) in [5, 5.41) is 3.84. The molecule has 0 aliphatic heterocycles. The topological polar surface area (TPSA) is 72.0 Å². The molecular weight excluding hydrogens is 442 g/mol. The summed E-state index contributed by atoms with van der Waals surface area (Å²) in [6, 6.07) is 23.8. The second kappa shape index (κ2) is 9.00. The lowest BCUT2D eigenvalue weighted by Crippen LogP contribution is -2.17. The Hall–Kier alpha value is -4.16. The van der Waals surface area contributed by atoms with Crippen LogP contribution in [0.15, 0.2) is 85.1 Å². The Kier molecular flexibility index (Phi) is 5.74. The summed E-state index contributed by atoms with van der Waals surface area (Å²) < 4.78 is 0. The third kappa shape index (κ3) is 4.11. The average Bonchev–Trinajstić information content (AvgIpc) is 3.29. The van der Waals surface area contributed by atoms with E-state index in [1.807, 2.05) is 56.3 Å². The number of carbonyl (C=O) groups is 2. The van der Waals surface area contributed by atoms with Gasteiger partial charge in [0.05, 0.1) is 5.56 Å². The highest BCUT2D eigenvalue weighted by atomic mass is 32.1. The third-order valence-electron chi connectivity index (χ3n) is 5.71. The van der Waals surface area contributed by atoms with Gasteiger partial charge in [-0.05, 0) is 43.7 Å². The van der Waals surface area contributed by atoms with Crippen LogP contribution in [-0.2, 0) is 0 Å². The predicted octanol–water partition coefficient (Wildman–Crippen LogP) is 6.46. The maximum atomic E-state index is 13.3. The van der Waals surface area contributed by atoms with Crippen molar-refractivity contribution in [3.63, 3.8) is 0 Å². The normalized spacial score (nSPS) is 10.9. The molecule has 166 valence electrons. The van der Waals surface area contributed by atoms with Gasteiger partial charge in [-0.25, -0.2) is 9.97 Å². The van der Waals surface area contributed by atoms with Crippen LogP contribution in [0.25, 0.3) is 20.9 Å². The van der Waals surface area contributed by atoms with Crippen LogP contribution in [0.3, 0.4) is 0 Å². The summed E-state index contributed by atoms with van der Waals surface area (Å²) in [7, 11) is 0. The van der Waals surface area contributed by atoms with Crippen molar-refractivity contribution < 1.29 is 9.59 Å². The van der Waals surface area contributed by atoms with Crippen LogP contribution in [0.4, 0.5) is 5.69 Å². The molecule has 0 bridgehead atoms. The number of amides is 1. The lowest BCUT2D eigenvalue weighted by Gasteiger charge is -2.13. The minimum absolute atomic E-state index is 0.182. The molecule has 6 heteroatoms. The number of thiazole rings is 1. The van der Waals surface area contributed by atoms with E-state index in [0.29, 0.717) is 22.4 Å². The molecular formula is C28H21N3O2S. The van der Waals surface area contributed by atoms with E-state index < -0.39 is 0 Å². The largest absolute Gasteiger partial charge is 0.322 e. The molecule has 5 rings (SSSR count). The number of ketones is 1. The third-order valence-corrected chi connectivity index (χ3v) is 6.72. The van der Waals surface area contributed by atoms with E-state index >= 15 is 0 Å². The molecule has 0 aliphatic rings. The van der Waals surface area contributed by atoms with E-state index in [0.717, 1.165) is 32.0 Å². The van der Waals surface area contributed by atoms with Crippen LogP contribution < -0.4 is 5.32 Å². The maximum Gasteiger partial charge on any atom is 0.256 e. The van der Waals surface area contributed by atoms with Crippen LogP contribution in [0.1, 0.15) is 37.4 Å². The number of nitrogens with one attached hydrogen (secondary N) is 1. The molecule has 1 amide bonds. The first kappa shape index (κ1) is 21.7. The van der Waals surface area contributed by atoms with E-state index in [-0.39, 0.29) is 11.7 Å². The van der Waals surface area contributed by atoms with Crippen molar-refractivity contribution in [2.75, 3.05) is 5.32 Å². The van der Waals surface area contributed by atoms with Gasteiger partial charge >= 0.3 is 0 Å². The molecule has 0 spiro atoms. The Labute approximate surface area is 201 Å². The van der Waals surface area contributed by atoms with Crippen LogP contribution >= 0.6 is 11.3 Å². The van der Waals surface area contributed by atoms with Crippen molar-refractivity contribution in [2.24, 2.45) is 0 Å². The molecule has 5 aromatic rings. The fraction of sp³-hybridized carbons (Fsp3) is 0.0714. The van der Waals surface area contributed by atoms with Crippen molar-refractivity contribution in [3.8, 4) is 10.6 Å². The molecule has 0 unspecified atom stereocenters. The van der Waals surface area contributed by atoms with Gasteiger partial charge in [0.25, 0.3) is 5.91 Å². The monoisotopic (exact) mass is 463 g/mol. The number of aromatic nitrogens is 2. The highest BCUT2D eigenvalue weighted by Gasteiger charge is 2.19. The van der Waals surface area contributed by atoms with E-state index in [1.165, 1.54) is 11.3 Å². The Morgan fingerprint density at radius 1 is 0.824 bits per heavy atom. The lowest BCUT2D eigenvalue weighted by atomic mass is 9.97. The maximum absolute atomic E-state index is 13.3. The molecule has 1 N–H and O–H groups in total. The standard InChI is InChI=1S/C28H21N3O2S/c1-17-12-14-19(15-13-17)25(32)21-7-3-4-8-22(21)26(33)30-23-10-5-9-20(18(23)2)27-31-24-11-6-16-29-28(24)34-27/h3-16H,1-2H3,(H,30,33). The fourth-order valence-corrected chi connectivity index (χ4v) is 4.81. The number of carbonyl (C=O) groups excluding carboxylic acids is 2. The van der Waals surface area contributed by atoms with E-state index in [2.05, 4.69) is 10.3 Å². The molecule has 3 aromatic carbocycles. The first-order valence-electron chi connectivity index (χ1n) is 10.8. The molecule has 0 aliphatic carbocycles. The first-order valence-corrected chi connectivity index (χ1v) is 11.7. The van der Waals surface area contributed by atoms with Crippen molar-refractivity contribution in [1.82, 2.24) is 9.97 Å². The van der Waals surface area contributed by atoms with E-state index in [4.69, 9.17) is 4.98 Å². The van der Waals surface area contributed by atoms with Crippen LogP contribution in [-0.4, -0.2) is 21.7 Å². The number of fused-ring (bicyclic) bond motifs is 1. The van der Waals surface area contributed by atoms with Gasteiger partial charge in [0, 0.05) is 28.6 Å². The van der Waals surface area contributed by atoms with Gasteiger partial charge in [-0.1, -0.05) is 71.5 Å². The Bertz CT molecular complexity index is 1500. The molecule has 0 radical (unpaired) electrons. The smallest absolute Gasteiger partial charge is 0.256 e. The number of anilines is 1. The highest BCUT2D eigenvalue weighted by molar-refractivity contribution is 7.21. The van der Waals surface area contributed by atoms with Crippen molar-refractivity contribution in [1.29, 1.82) is 0 Å². The molecule has 2 aromatic heterocycles. The molecule has 2 heterocycles. The van der Waals surface area contributed by atoms with Crippen molar-refractivity contribution in [2.45, 2.75) is 13.8 Å². The fourth-order valence-electron chi connectivity index (χ4n) is 3.82. The van der Waals surface area contributed by atoms with Gasteiger partial charge in [-0.15, -0.1) is 0 Å². The molecule has 34 heavy (non-hydrogen) atoms. The second-order valence-electron chi connectivity index (χ2n) is 8.02.